The van der Waals surface area contributed by atoms with E-state index in [4.69, 9.17) is 23.1 Å². The lowest BCUT2D eigenvalue weighted by Crippen LogP contribution is -2.34. The molecule has 20 heavy (non-hydrogen) atoms. The van der Waals surface area contributed by atoms with E-state index in [9.17, 15) is 4.39 Å². The molecule has 0 saturated carbocycles. The maximum atomic E-state index is 14.2. The minimum atomic E-state index is -0.586. The van der Waals surface area contributed by atoms with Crippen molar-refractivity contribution in [2.45, 2.75) is 26.3 Å². The Morgan fingerprint density at radius 3 is 2.40 bits per heavy atom. The highest BCUT2D eigenvalue weighted by molar-refractivity contribution is 6.33. The zero-order valence-corrected chi connectivity index (χ0v) is 13.3. The molecule has 4 nitrogen and oxygen atoms in total. The van der Waals surface area contributed by atoms with Crippen LogP contribution in [0.5, 0.6) is 0 Å². The largest absolute Gasteiger partial charge is 0.397 e. The van der Waals surface area contributed by atoms with Gasteiger partial charge in [0.1, 0.15) is 5.02 Å². The Balaban J connectivity index is 3.01. The van der Waals surface area contributed by atoms with Crippen LogP contribution >= 0.6 is 11.6 Å². The number of hydrogen-bond acceptors (Lipinski definition) is 4. The summed E-state index contributed by atoms with van der Waals surface area (Å²) in [7, 11) is 3.95. The molecule has 0 aliphatic heterocycles. The molecule has 0 heterocycles. The predicted molar refractivity (Wildman–Crippen MR) is 85.7 cm³/mol. The molecule has 0 aliphatic rings. The van der Waals surface area contributed by atoms with Gasteiger partial charge in [0.25, 0.3) is 0 Å². The van der Waals surface area contributed by atoms with Crippen molar-refractivity contribution in [2.24, 2.45) is 5.92 Å². The molecule has 1 aromatic rings. The van der Waals surface area contributed by atoms with Crippen LogP contribution in [0.3, 0.4) is 0 Å². The summed E-state index contributed by atoms with van der Waals surface area (Å²) in [6.07, 6.45) is 0.902. The Hall–Kier alpha value is -1.20. The SMILES string of the molecule is CC(C)CC(CN(C)C)Nc1c(N)cc(N)c(Cl)c1F. The average molecular weight is 303 g/mol. The Bertz CT molecular complexity index is 453. The maximum Gasteiger partial charge on any atom is 0.169 e. The number of hydrogen-bond donors (Lipinski definition) is 3. The first-order valence-electron chi connectivity index (χ1n) is 6.66. The molecule has 0 amide bonds. The maximum absolute atomic E-state index is 14.2. The van der Waals surface area contributed by atoms with Gasteiger partial charge in [0.2, 0.25) is 0 Å². The summed E-state index contributed by atoms with van der Waals surface area (Å²) in [5.74, 6) is -0.0994. The fourth-order valence-electron chi connectivity index (χ4n) is 2.21. The second-order valence-corrected chi connectivity index (χ2v) is 6.17. The predicted octanol–water partition coefficient (Wildman–Crippen LogP) is 3.03. The molecule has 0 aromatic heterocycles. The fraction of sp³-hybridized carbons (Fsp3) is 0.571. The first-order valence-corrected chi connectivity index (χ1v) is 7.04. The van der Waals surface area contributed by atoms with Crippen LogP contribution in [0.4, 0.5) is 21.5 Å². The van der Waals surface area contributed by atoms with E-state index in [0.717, 1.165) is 13.0 Å². The van der Waals surface area contributed by atoms with Gasteiger partial charge in [0.15, 0.2) is 5.82 Å². The molecule has 1 rings (SSSR count). The van der Waals surface area contributed by atoms with Crippen molar-refractivity contribution < 1.29 is 4.39 Å². The minimum absolute atomic E-state index is 0.0847. The molecule has 0 radical (unpaired) electrons. The van der Waals surface area contributed by atoms with Crippen molar-refractivity contribution in [2.75, 3.05) is 37.4 Å². The number of benzene rings is 1. The Morgan fingerprint density at radius 2 is 1.90 bits per heavy atom. The standard InChI is InChI=1S/C14H24ClFN4/c1-8(2)5-9(7-20(3)4)19-14-11(18)6-10(17)12(15)13(14)16/h6,8-9,19H,5,7,17-18H2,1-4H3. The average Bonchev–Trinajstić information content (AvgIpc) is 2.30. The number of likely N-dealkylation sites (N-methyl/N-ethyl adjacent to an activating group) is 1. The van der Waals surface area contributed by atoms with Gasteiger partial charge in [-0.1, -0.05) is 25.4 Å². The molecule has 0 aliphatic carbocycles. The van der Waals surface area contributed by atoms with Gasteiger partial charge in [-0.15, -0.1) is 0 Å². The first kappa shape index (κ1) is 16.9. The Labute approximate surface area is 125 Å². The molecule has 5 N–H and O–H groups in total. The molecule has 114 valence electrons. The topological polar surface area (TPSA) is 67.3 Å². The third kappa shape index (κ3) is 4.42. The molecular formula is C14H24ClFN4. The number of nitrogens with one attached hydrogen (secondary N) is 1. The zero-order valence-electron chi connectivity index (χ0n) is 12.5. The van der Waals surface area contributed by atoms with E-state index in [-0.39, 0.29) is 28.1 Å². The van der Waals surface area contributed by atoms with E-state index in [1.165, 1.54) is 6.07 Å². The van der Waals surface area contributed by atoms with Crippen LogP contribution in [0.25, 0.3) is 0 Å². The van der Waals surface area contributed by atoms with Crippen LogP contribution in [0.15, 0.2) is 6.07 Å². The number of anilines is 3. The third-order valence-corrected chi connectivity index (χ3v) is 3.34. The van der Waals surface area contributed by atoms with E-state index in [1.54, 1.807) is 0 Å². The van der Waals surface area contributed by atoms with E-state index in [0.29, 0.717) is 5.92 Å². The molecule has 1 unspecified atom stereocenters. The summed E-state index contributed by atoms with van der Waals surface area (Å²) in [6.45, 7) is 5.03. The highest BCUT2D eigenvalue weighted by Crippen LogP contribution is 2.34. The van der Waals surface area contributed by atoms with E-state index >= 15 is 0 Å². The molecule has 0 bridgehead atoms. The van der Waals surface area contributed by atoms with E-state index < -0.39 is 5.82 Å². The lowest BCUT2D eigenvalue weighted by Gasteiger charge is -2.26. The Morgan fingerprint density at radius 1 is 1.30 bits per heavy atom. The quantitative estimate of drug-likeness (QED) is 0.707. The van der Waals surface area contributed by atoms with Gasteiger partial charge in [-0.2, -0.15) is 0 Å². The summed E-state index contributed by atoms with van der Waals surface area (Å²) in [6, 6.07) is 1.57. The first-order chi connectivity index (χ1) is 9.22. The molecule has 6 heteroatoms. The summed E-state index contributed by atoms with van der Waals surface area (Å²) in [5, 5.41) is 3.08. The third-order valence-electron chi connectivity index (χ3n) is 2.96. The zero-order chi connectivity index (χ0) is 15.4. The van der Waals surface area contributed by atoms with Gasteiger partial charge in [0.05, 0.1) is 17.1 Å². The monoisotopic (exact) mass is 302 g/mol. The molecule has 0 fully saturated rings. The van der Waals surface area contributed by atoms with Crippen molar-refractivity contribution in [1.29, 1.82) is 0 Å². The summed E-state index contributed by atoms with van der Waals surface area (Å²) >= 11 is 5.84. The molecule has 0 spiro atoms. The van der Waals surface area contributed by atoms with Gasteiger partial charge < -0.3 is 21.7 Å². The van der Waals surface area contributed by atoms with Crippen LogP contribution in [0, 0.1) is 11.7 Å². The van der Waals surface area contributed by atoms with Gasteiger partial charge in [-0.25, -0.2) is 4.39 Å². The second-order valence-electron chi connectivity index (χ2n) is 5.79. The van der Waals surface area contributed by atoms with Gasteiger partial charge >= 0.3 is 0 Å². The molecule has 0 saturated heterocycles. The van der Waals surface area contributed by atoms with Gasteiger partial charge in [0, 0.05) is 12.6 Å². The number of nitrogen functional groups attached to an aromatic ring is 2. The highest BCUT2D eigenvalue weighted by Gasteiger charge is 2.19. The summed E-state index contributed by atoms with van der Waals surface area (Å²) in [4.78, 5) is 2.05. The van der Waals surface area contributed by atoms with Crippen molar-refractivity contribution in [3.63, 3.8) is 0 Å². The highest BCUT2D eigenvalue weighted by atomic mass is 35.5. The van der Waals surface area contributed by atoms with Crippen molar-refractivity contribution in [3.05, 3.63) is 16.9 Å². The number of rotatable bonds is 6. The summed E-state index contributed by atoms with van der Waals surface area (Å²) in [5.41, 5.74) is 12.1. The number of halogens is 2. The summed E-state index contributed by atoms with van der Waals surface area (Å²) < 4.78 is 14.2. The van der Waals surface area contributed by atoms with Crippen molar-refractivity contribution in [3.8, 4) is 0 Å². The number of nitrogens with two attached hydrogens (primary N) is 2. The molecule has 1 aromatic carbocycles. The minimum Gasteiger partial charge on any atom is -0.397 e. The van der Waals surface area contributed by atoms with E-state index in [1.807, 2.05) is 19.0 Å². The van der Waals surface area contributed by atoms with Crippen LogP contribution in [-0.2, 0) is 0 Å². The fourth-order valence-corrected chi connectivity index (χ4v) is 2.36. The van der Waals surface area contributed by atoms with Crippen molar-refractivity contribution in [1.82, 2.24) is 4.90 Å². The molecular weight excluding hydrogens is 279 g/mol. The smallest absolute Gasteiger partial charge is 0.169 e. The van der Waals surface area contributed by atoms with Crippen molar-refractivity contribution >= 4 is 28.7 Å². The van der Waals surface area contributed by atoms with Crippen LogP contribution < -0.4 is 16.8 Å². The van der Waals surface area contributed by atoms with Crippen LogP contribution in [0.2, 0.25) is 5.02 Å². The van der Waals surface area contributed by atoms with Gasteiger partial charge in [-0.3, -0.25) is 0 Å². The van der Waals surface area contributed by atoms with Crippen LogP contribution in [0.1, 0.15) is 20.3 Å². The van der Waals surface area contributed by atoms with Gasteiger partial charge in [-0.05, 0) is 32.5 Å². The number of nitrogens with zero attached hydrogens (tertiary/aromatic N) is 1. The Kier molecular flexibility index (Phi) is 5.89. The normalized spacial score (nSPS) is 13.0. The van der Waals surface area contributed by atoms with E-state index in [2.05, 4.69) is 19.2 Å². The van der Waals surface area contributed by atoms with Crippen LogP contribution in [-0.4, -0.2) is 31.6 Å². The molecule has 1 atom stereocenters. The second kappa shape index (κ2) is 6.99. The lowest BCUT2D eigenvalue weighted by molar-refractivity contribution is 0.356. The lowest BCUT2D eigenvalue weighted by atomic mass is 10.0.